The second kappa shape index (κ2) is 9.11. The molecule has 1 N–H and O–H groups in total. The van der Waals surface area contributed by atoms with Gasteiger partial charge in [-0.15, -0.1) is 0 Å². The number of carbonyl (C=O) groups is 3. The number of aromatic nitrogens is 1. The zero-order valence-electron chi connectivity index (χ0n) is 19.0. The number of Topliss-reactive ketones (excluding diaryl/α,β-unsaturated/α-hetero) is 1. The van der Waals surface area contributed by atoms with E-state index in [4.69, 9.17) is 9.47 Å². The number of ether oxygens (including phenoxy) is 2. The van der Waals surface area contributed by atoms with Crippen molar-refractivity contribution in [3.05, 3.63) is 81.4 Å². The number of benzene rings is 2. The average molecular weight is 479 g/mol. The van der Waals surface area contributed by atoms with Crippen LogP contribution in [0.2, 0.25) is 0 Å². The number of methoxy groups -OCH3 is 2. The van der Waals surface area contributed by atoms with Gasteiger partial charge in [-0.25, -0.2) is 9.78 Å². The van der Waals surface area contributed by atoms with Gasteiger partial charge in [0.25, 0.3) is 5.78 Å². The van der Waals surface area contributed by atoms with Gasteiger partial charge in [0, 0.05) is 5.56 Å². The second-order valence-corrected chi connectivity index (χ2v) is 8.69. The van der Waals surface area contributed by atoms with Crippen molar-refractivity contribution in [2.24, 2.45) is 0 Å². The lowest BCUT2D eigenvalue weighted by atomic mass is 9.95. The number of esters is 1. The van der Waals surface area contributed by atoms with Crippen LogP contribution in [0.3, 0.4) is 0 Å². The molecule has 1 fully saturated rings. The van der Waals surface area contributed by atoms with E-state index in [1.807, 2.05) is 19.1 Å². The van der Waals surface area contributed by atoms with Gasteiger partial charge < -0.3 is 14.6 Å². The third-order valence-electron chi connectivity index (χ3n) is 5.54. The number of anilines is 1. The van der Waals surface area contributed by atoms with Crippen LogP contribution in [0.1, 0.15) is 38.1 Å². The fourth-order valence-electron chi connectivity index (χ4n) is 3.79. The fourth-order valence-corrected chi connectivity index (χ4v) is 4.80. The number of nitrogens with zero attached hydrogens (tertiary/aromatic N) is 2. The van der Waals surface area contributed by atoms with E-state index in [1.54, 1.807) is 43.3 Å². The number of carbonyl (C=O) groups excluding carboxylic acids is 3. The van der Waals surface area contributed by atoms with E-state index in [9.17, 15) is 19.5 Å². The van der Waals surface area contributed by atoms with Crippen LogP contribution < -0.4 is 9.64 Å². The first kappa shape index (κ1) is 23.2. The lowest BCUT2D eigenvalue weighted by Gasteiger charge is -2.23. The summed E-state index contributed by atoms with van der Waals surface area (Å²) in [5.74, 6) is -2.12. The molecule has 174 valence electrons. The second-order valence-electron chi connectivity index (χ2n) is 7.71. The Morgan fingerprint density at radius 3 is 2.44 bits per heavy atom. The third kappa shape index (κ3) is 3.94. The van der Waals surface area contributed by atoms with Crippen LogP contribution in [0, 0.1) is 13.8 Å². The van der Waals surface area contributed by atoms with E-state index in [0.717, 1.165) is 16.9 Å². The molecule has 4 rings (SSSR count). The van der Waals surface area contributed by atoms with Crippen LogP contribution in [-0.4, -0.2) is 42.0 Å². The van der Waals surface area contributed by atoms with E-state index < -0.39 is 23.7 Å². The third-order valence-corrected chi connectivity index (χ3v) is 6.68. The predicted octanol–water partition coefficient (Wildman–Crippen LogP) is 4.18. The molecule has 1 amide bonds. The van der Waals surface area contributed by atoms with Crippen molar-refractivity contribution >= 4 is 39.9 Å². The Kier molecular flexibility index (Phi) is 6.21. The molecule has 9 heteroatoms. The van der Waals surface area contributed by atoms with Crippen LogP contribution in [0.4, 0.5) is 5.13 Å². The molecule has 2 aromatic carbocycles. The van der Waals surface area contributed by atoms with Crippen molar-refractivity contribution in [3.8, 4) is 5.75 Å². The Morgan fingerprint density at radius 2 is 1.79 bits per heavy atom. The van der Waals surface area contributed by atoms with Gasteiger partial charge in [0.05, 0.1) is 31.5 Å². The summed E-state index contributed by atoms with van der Waals surface area (Å²) < 4.78 is 10.0. The molecule has 34 heavy (non-hydrogen) atoms. The molecule has 1 atom stereocenters. The van der Waals surface area contributed by atoms with E-state index in [-0.39, 0.29) is 21.3 Å². The van der Waals surface area contributed by atoms with Gasteiger partial charge in [-0.05, 0) is 31.5 Å². The molecule has 0 saturated carbocycles. The number of hydrogen-bond donors (Lipinski definition) is 1. The van der Waals surface area contributed by atoms with Gasteiger partial charge in [0.2, 0.25) is 0 Å². The summed E-state index contributed by atoms with van der Waals surface area (Å²) >= 11 is 0.955. The molecule has 2 heterocycles. The van der Waals surface area contributed by atoms with Gasteiger partial charge in [-0.2, -0.15) is 0 Å². The highest BCUT2D eigenvalue weighted by Crippen LogP contribution is 2.44. The van der Waals surface area contributed by atoms with Crippen molar-refractivity contribution in [2.75, 3.05) is 19.1 Å². The largest absolute Gasteiger partial charge is 0.507 e. The maximum absolute atomic E-state index is 13.2. The molecular weight excluding hydrogens is 456 g/mol. The highest BCUT2D eigenvalue weighted by molar-refractivity contribution is 7.17. The first-order chi connectivity index (χ1) is 16.3. The van der Waals surface area contributed by atoms with Gasteiger partial charge in [0.15, 0.2) is 5.13 Å². The van der Waals surface area contributed by atoms with Gasteiger partial charge in [0.1, 0.15) is 16.4 Å². The maximum Gasteiger partial charge on any atom is 0.350 e. The quantitative estimate of drug-likeness (QED) is 0.254. The summed E-state index contributed by atoms with van der Waals surface area (Å²) in [5.41, 5.74) is 2.24. The number of ketones is 1. The summed E-state index contributed by atoms with van der Waals surface area (Å²) in [6.07, 6.45) is 0. The number of amides is 1. The first-order valence-electron chi connectivity index (χ1n) is 10.3. The molecule has 1 aliphatic rings. The normalized spacial score (nSPS) is 17.2. The summed E-state index contributed by atoms with van der Waals surface area (Å²) in [5, 5.41) is 11.4. The number of hydrogen-bond acceptors (Lipinski definition) is 8. The monoisotopic (exact) mass is 478 g/mol. The number of rotatable bonds is 5. The average Bonchev–Trinajstić information content (AvgIpc) is 3.35. The van der Waals surface area contributed by atoms with E-state index in [0.29, 0.717) is 22.6 Å². The van der Waals surface area contributed by atoms with Crippen molar-refractivity contribution in [2.45, 2.75) is 19.9 Å². The van der Waals surface area contributed by atoms with Gasteiger partial charge in [-0.3, -0.25) is 14.5 Å². The van der Waals surface area contributed by atoms with Crippen molar-refractivity contribution in [3.63, 3.8) is 0 Å². The number of aliphatic hydroxyl groups is 1. The Labute approximate surface area is 200 Å². The van der Waals surface area contributed by atoms with Crippen LogP contribution in [0.5, 0.6) is 5.75 Å². The Hall–Kier alpha value is -3.98. The molecule has 0 spiro atoms. The molecule has 3 aromatic rings. The van der Waals surface area contributed by atoms with E-state index in [1.165, 1.54) is 19.1 Å². The molecule has 1 unspecified atom stereocenters. The summed E-state index contributed by atoms with van der Waals surface area (Å²) in [6, 6.07) is 12.9. The molecule has 1 aromatic heterocycles. The molecule has 1 aliphatic heterocycles. The Bertz CT molecular complexity index is 1330. The summed E-state index contributed by atoms with van der Waals surface area (Å²) in [6.45, 7) is 3.55. The van der Waals surface area contributed by atoms with E-state index >= 15 is 0 Å². The highest BCUT2D eigenvalue weighted by atomic mass is 32.1. The standard InChI is InChI=1S/C25H22N2O6S/c1-13-8-10-15(11-9-13)19-18(20(28)16-6-5-7-17(12-16)32-3)21(29)23(30)27(19)25-26-14(2)22(34-25)24(31)33-4/h5-12,19,28H,1-4H3. The summed E-state index contributed by atoms with van der Waals surface area (Å²) in [7, 11) is 2.75. The van der Waals surface area contributed by atoms with Gasteiger partial charge in [-0.1, -0.05) is 53.3 Å². The van der Waals surface area contributed by atoms with Crippen LogP contribution in [0.25, 0.3) is 5.76 Å². The molecule has 0 bridgehead atoms. The summed E-state index contributed by atoms with van der Waals surface area (Å²) in [4.78, 5) is 44.4. The molecule has 1 saturated heterocycles. The topological polar surface area (TPSA) is 106 Å². The van der Waals surface area contributed by atoms with E-state index in [2.05, 4.69) is 4.98 Å². The Morgan fingerprint density at radius 1 is 1.09 bits per heavy atom. The van der Waals surface area contributed by atoms with Crippen LogP contribution >= 0.6 is 11.3 Å². The smallest absolute Gasteiger partial charge is 0.350 e. The predicted molar refractivity (Wildman–Crippen MR) is 127 cm³/mol. The highest BCUT2D eigenvalue weighted by Gasteiger charge is 2.48. The molecule has 8 nitrogen and oxygen atoms in total. The van der Waals surface area contributed by atoms with Crippen LogP contribution in [-0.2, 0) is 14.3 Å². The lowest BCUT2D eigenvalue weighted by molar-refractivity contribution is -0.132. The minimum Gasteiger partial charge on any atom is -0.507 e. The van der Waals surface area contributed by atoms with Crippen molar-refractivity contribution in [1.82, 2.24) is 4.98 Å². The number of thiazole rings is 1. The number of aliphatic hydroxyl groups excluding tert-OH is 1. The SMILES string of the molecule is COC(=O)c1sc(N2C(=O)C(=O)C(=C(O)c3cccc(OC)c3)C2c2ccc(C)cc2)nc1C. The molecule has 0 radical (unpaired) electrons. The first-order valence-corrected chi connectivity index (χ1v) is 11.2. The minimum absolute atomic E-state index is 0.0745. The lowest BCUT2D eigenvalue weighted by Crippen LogP contribution is -2.29. The van der Waals surface area contributed by atoms with Crippen LogP contribution in [0.15, 0.2) is 54.1 Å². The molecule has 0 aliphatic carbocycles. The molecular formula is C25H22N2O6S. The minimum atomic E-state index is -0.942. The van der Waals surface area contributed by atoms with Crippen molar-refractivity contribution in [1.29, 1.82) is 0 Å². The Balaban J connectivity index is 1.93. The van der Waals surface area contributed by atoms with Gasteiger partial charge >= 0.3 is 11.9 Å². The van der Waals surface area contributed by atoms with Crippen molar-refractivity contribution < 1.29 is 29.0 Å². The maximum atomic E-state index is 13.2. The number of aryl methyl sites for hydroxylation is 2. The fraction of sp³-hybridized carbons (Fsp3) is 0.200. The zero-order valence-corrected chi connectivity index (χ0v) is 19.8. The zero-order chi connectivity index (χ0) is 24.6.